The zero-order valence-electron chi connectivity index (χ0n) is 10.9. The monoisotopic (exact) mass is 239 g/mol. The molecule has 1 atom stereocenters. The molecule has 0 aliphatic carbocycles. The maximum Gasteiger partial charge on any atom is 0.236 e. The van der Waals surface area contributed by atoms with E-state index in [0.717, 1.165) is 57.8 Å². The van der Waals surface area contributed by atoms with Crippen LogP contribution in [0.5, 0.6) is 0 Å². The molecule has 2 fully saturated rings. The minimum atomic E-state index is 0.262. The lowest BCUT2D eigenvalue weighted by Gasteiger charge is -2.34. The van der Waals surface area contributed by atoms with Crippen molar-refractivity contribution in [3.8, 4) is 0 Å². The van der Waals surface area contributed by atoms with E-state index in [4.69, 9.17) is 5.73 Å². The quantitative estimate of drug-likeness (QED) is 0.770. The van der Waals surface area contributed by atoms with Crippen LogP contribution in [0.25, 0.3) is 0 Å². The number of nitrogens with zero attached hydrogens (tertiary/aromatic N) is 2. The Morgan fingerprint density at radius 3 is 2.59 bits per heavy atom. The summed E-state index contributed by atoms with van der Waals surface area (Å²) in [7, 11) is 0. The average molecular weight is 239 g/mol. The van der Waals surface area contributed by atoms with E-state index < -0.39 is 0 Å². The van der Waals surface area contributed by atoms with Crippen LogP contribution >= 0.6 is 0 Å². The first-order valence-electron chi connectivity index (χ1n) is 6.91. The largest absolute Gasteiger partial charge is 0.342 e. The van der Waals surface area contributed by atoms with Gasteiger partial charge in [0, 0.05) is 25.7 Å². The maximum atomic E-state index is 12.1. The van der Waals surface area contributed by atoms with Crippen LogP contribution in [-0.4, -0.2) is 54.5 Å². The Morgan fingerprint density at radius 1 is 1.24 bits per heavy atom. The molecule has 4 nitrogen and oxygen atoms in total. The molecular formula is C13H25N3O. The first kappa shape index (κ1) is 12.8. The highest BCUT2D eigenvalue weighted by atomic mass is 16.2. The van der Waals surface area contributed by atoms with Gasteiger partial charge in [0.05, 0.1) is 6.54 Å². The minimum Gasteiger partial charge on any atom is -0.342 e. The van der Waals surface area contributed by atoms with Gasteiger partial charge in [0.25, 0.3) is 0 Å². The van der Waals surface area contributed by atoms with Crippen molar-refractivity contribution in [2.45, 2.75) is 38.6 Å². The van der Waals surface area contributed by atoms with Crippen LogP contribution in [-0.2, 0) is 4.79 Å². The number of likely N-dealkylation sites (tertiary alicyclic amines) is 2. The number of rotatable bonds is 2. The van der Waals surface area contributed by atoms with Gasteiger partial charge in [0.1, 0.15) is 0 Å². The lowest BCUT2D eigenvalue weighted by molar-refractivity contribution is -0.134. The number of carbonyl (C=O) groups is 1. The van der Waals surface area contributed by atoms with E-state index in [0.29, 0.717) is 12.5 Å². The summed E-state index contributed by atoms with van der Waals surface area (Å²) in [6.45, 7) is 6.65. The Bertz CT molecular complexity index is 261. The molecule has 0 spiro atoms. The van der Waals surface area contributed by atoms with Crippen molar-refractivity contribution < 1.29 is 4.79 Å². The fourth-order valence-corrected chi connectivity index (χ4v) is 2.78. The number of amides is 1. The standard InChI is InChI=1S/C13H25N3O/c1-11-4-7-16(8-5-11)13(17)10-15-6-2-3-12(14)9-15/h11-12H,2-10,14H2,1H3. The van der Waals surface area contributed by atoms with E-state index >= 15 is 0 Å². The van der Waals surface area contributed by atoms with E-state index in [-0.39, 0.29) is 6.04 Å². The molecule has 0 aromatic rings. The summed E-state index contributed by atoms with van der Waals surface area (Å²) in [5.41, 5.74) is 5.93. The highest BCUT2D eigenvalue weighted by molar-refractivity contribution is 5.78. The lowest BCUT2D eigenvalue weighted by atomic mass is 9.99. The molecular weight excluding hydrogens is 214 g/mol. The third kappa shape index (κ3) is 3.68. The van der Waals surface area contributed by atoms with Crippen molar-refractivity contribution in [1.29, 1.82) is 0 Å². The molecule has 17 heavy (non-hydrogen) atoms. The van der Waals surface area contributed by atoms with Crippen molar-refractivity contribution in [2.75, 3.05) is 32.7 Å². The summed E-state index contributed by atoms with van der Waals surface area (Å²) in [6, 6.07) is 0.262. The summed E-state index contributed by atoms with van der Waals surface area (Å²) in [6.07, 6.45) is 4.55. The molecule has 2 rings (SSSR count). The van der Waals surface area contributed by atoms with Crippen LogP contribution in [0, 0.1) is 5.92 Å². The summed E-state index contributed by atoms with van der Waals surface area (Å²) in [5, 5.41) is 0. The van der Waals surface area contributed by atoms with E-state index in [1.165, 1.54) is 0 Å². The normalized spacial score (nSPS) is 28.4. The molecule has 0 saturated carbocycles. The second-order valence-electron chi connectivity index (χ2n) is 5.70. The van der Waals surface area contributed by atoms with Crippen molar-refractivity contribution >= 4 is 5.91 Å². The van der Waals surface area contributed by atoms with E-state index in [2.05, 4.69) is 11.8 Å². The summed E-state index contributed by atoms with van der Waals surface area (Å²) in [5.74, 6) is 1.08. The van der Waals surface area contributed by atoms with Gasteiger partial charge < -0.3 is 10.6 Å². The molecule has 1 unspecified atom stereocenters. The maximum absolute atomic E-state index is 12.1. The van der Waals surface area contributed by atoms with E-state index in [1.54, 1.807) is 0 Å². The highest BCUT2D eigenvalue weighted by Gasteiger charge is 2.24. The molecule has 2 N–H and O–H groups in total. The number of piperidine rings is 2. The van der Waals surface area contributed by atoms with Gasteiger partial charge in [0.15, 0.2) is 0 Å². The molecule has 4 heteroatoms. The molecule has 2 saturated heterocycles. The van der Waals surface area contributed by atoms with E-state index in [9.17, 15) is 4.79 Å². The van der Waals surface area contributed by atoms with Gasteiger partial charge in [-0.2, -0.15) is 0 Å². The number of carbonyl (C=O) groups excluding carboxylic acids is 1. The van der Waals surface area contributed by atoms with Crippen molar-refractivity contribution in [1.82, 2.24) is 9.80 Å². The van der Waals surface area contributed by atoms with Gasteiger partial charge in [-0.05, 0) is 38.1 Å². The summed E-state index contributed by atoms with van der Waals surface area (Å²) >= 11 is 0. The lowest BCUT2D eigenvalue weighted by Crippen LogP contribution is -2.49. The summed E-state index contributed by atoms with van der Waals surface area (Å²) in [4.78, 5) is 16.4. The fraction of sp³-hybridized carbons (Fsp3) is 0.923. The number of nitrogens with two attached hydrogens (primary N) is 1. The van der Waals surface area contributed by atoms with Crippen molar-refractivity contribution in [2.24, 2.45) is 11.7 Å². The molecule has 0 bridgehead atoms. The molecule has 0 aromatic carbocycles. The third-order valence-electron chi connectivity index (χ3n) is 4.04. The first-order chi connectivity index (χ1) is 8.15. The SMILES string of the molecule is CC1CCN(C(=O)CN2CCCC(N)C2)CC1. The van der Waals surface area contributed by atoms with Gasteiger partial charge >= 0.3 is 0 Å². The molecule has 0 radical (unpaired) electrons. The van der Waals surface area contributed by atoms with Gasteiger partial charge in [0.2, 0.25) is 5.91 Å². The fourth-order valence-electron chi connectivity index (χ4n) is 2.78. The number of hydrogen-bond acceptors (Lipinski definition) is 3. The Hall–Kier alpha value is -0.610. The smallest absolute Gasteiger partial charge is 0.236 e. The molecule has 2 heterocycles. The minimum absolute atomic E-state index is 0.262. The molecule has 2 aliphatic heterocycles. The van der Waals surface area contributed by atoms with Crippen LogP contribution in [0.3, 0.4) is 0 Å². The predicted molar refractivity (Wildman–Crippen MR) is 68.6 cm³/mol. The molecule has 2 aliphatic rings. The van der Waals surface area contributed by atoms with Gasteiger partial charge in [-0.15, -0.1) is 0 Å². The van der Waals surface area contributed by atoms with Crippen LogP contribution in [0.1, 0.15) is 32.6 Å². The zero-order valence-corrected chi connectivity index (χ0v) is 10.9. The van der Waals surface area contributed by atoms with Crippen LogP contribution in [0.2, 0.25) is 0 Å². The van der Waals surface area contributed by atoms with Gasteiger partial charge in [-0.25, -0.2) is 0 Å². The van der Waals surface area contributed by atoms with Crippen LogP contribution in [0.15, 0.2) is 0 Å². The number of hydrogen-bond donors (Lipinski definition) is 1. The average Bonchev–Trinajstić information content (AvgIpc) is 2.29. The van der Waals surface area contributed by atoms with Gasteiger partial charge in [-0.3, -0.25) is 9.69 Å². The Labute approximate surface area is 104 Å². The Balaban J connectivity index is 1.76. The van der Waals surface area contributed by atoms with Crippen LogP contribution in [0.4, 0.5) is 0 Å². The molecule has 0 aromatic heterocycles. The second kappa shape index (κ2) is 5.83. The first-order valence-corrected chi connectivity index (χ1v) is 6.91. The molecule has 98 valence electrons. The topological polar surface area (TPSA) is 49.6 Å². The molecule has 1 amide bonds. The zero-order chi connectivity index (χ0) is 12.3. The van der Waals surface area contributed by atoms with Crippen molar-refractivity contribution in [3.63, 3.8) is 0 Å². The summed E-state index contributed by atoms with van der Waals surface area (Å²) < 4.78 is 0. The van der Waals surface area contributed by atoms with Gasteiger partial charge in [-0.1, -0.05) is 6.92 Å². The Kier molecular flexibility index (Phi) is 4.40. The third-order valence-corrected chi connectivity index (χ3v) is 4.04. The van der Waals surface area contributed by atoms with E-state index in [1.807, 2.05) is 4.90 Å². The predicted octanol–water partition coefficient (Wildman–Crippen LogP) is 0.668. The van der Waals surface area contributed by atoms with Crippen molar-refractivity contribution in [3.05, 3.63) is 0 Å². The van der Waals surface area contributed by atoms with Crippen LogP contribution < -0.4 is 5.73 Å². The second-order valence-corrected chi connectivity index (χ2v) is 5.70. The Morgan fingerprint density at radius 2 is 1.94 bits per heavy atom. The highest BCUT2D eigenvalue weighted by Crippen LogP contribution is 2.16.